The second-order valence-corrected chi connectivity index (χ2v) is 2.59. The van der Waals surface area contributed by atoms with Gasteiger partial charge in [0.05, 0.1) is 13.2 Å². The van der Waals surface area contributed by atoms with E-state index in [1.54, 1.807) is 0 Å². The fraction of sp³-hybridized carbons (Fsp3) is 0.833. The predicted molar refractivity (Wildman–Crippen MR) is 40.3 cm³/mol. The van der Waals surface area contributed by atoms with Crippen molar-refractivity contribution >= 4 is 5.78 Å². The normalized spacial score (nSPS) is 20.5. The Labute approximate surface area is 74.0 Å². The first-order valence-corrected chi connectivity index (χ1v) is 3.51. The lowest BCUT2D eigenvalue weighted by molar-refractivity contribution is -0.163. The summed E-state index contributed by atoms with van der Waals surface area (Å²) in [7, 11) is 0. The summed E-state index contributed by atoms with van der Waals surface area (Å²) in [6.45, 7) is -1.85. The molecule has 78 valence electrons. The van der Waals surface area contributed by atoms with Gasteiger partial charge in [-0.05, 0) is 0 Å². The fourth-order valence-corrected chi connectivity index (χ4v) is 0.653. The molecule has 0 aromatic carbocycles. The van der Waals surface area contributed by atoms with E-state index in [0.717, 1.165) is 0 Å². The van der Waals surface area contributed by atoms with Crippen molar-refractivity contribution in [1.82, 2.24) is 0 Å². The van der Waals surface area contributed by atoms with Crippen molar-refractivity contribution in [2.75, 3.05) is 13.2 Å². The molecule has 7 nitrogen and oxygen atoms in total. The van der Waals surface area contributed by atoms with E-state index in [0.29, 0.717) is 0 Å². The molecule has 0 aliphatic carbocycles. The lowest BCUT2D eigenvalue weighted by Gasteiger charge is -2.27. The van der Waals surface area contributed by atoms with E-state index in [-0.39, 0.29) is 0 Å². The average molecular weight is 195 g/mol. The van der Waals surface area contributed by atoms with Crippen LogP contribution in [0.4, 0.5) is 0 Å². The molecule has 0 spiro atoms. The SMILES string of the molecule is N[C@](O)(C(=O)[C@@H](O)CO)[C@H](O)CO. The van der Waals surface area contributed by atoms with Gasteiger partial charge in [0, 0.05) is 0 Å². The molecule has 0 rings (SSSR count). The third-order valence-corrected chi connectivity index (χ3v) is 1.55. The minimum Gasteiger partial charge on any atom is -0.393 e. The zero-order valence-corrected chi connectivity index (χ0v) is 6.79. The Morgan fingerprint density at radius 3 is 2.08 bits per heavy atom. The summed E-state index contributed by atoms with van der Waals surface area (Å²) in [6, 6.07) is 0. The number of rotatable bonds is 5. The quantitative estimate of drug-likeness (QED) is 0.245. The number of ketones is 1. The zero-order chi connectivity index (χ0) is 10.6. The molecule has 0 fully saturated rings. The molecule has 0 amide bonds. The minimum atomic E-state index is -2.75. The van der Waals surface area contributed by atoms with Crippen molar-refractivity contribution in [1.29, 1.82) is 0 Å². The second kappa shape index (κ2) is 4.61. The van der Waals surface area contributed by atoms with Gasteiger partial charge in [0.15, 0.2) is 0 Å². The zero-order valence-electron chi connectivity index (χ0n) is 6.79. The van der Waals surface area contributed by atoms with E-state index >= 15 is 0 Å². The standard InChI is InChI=1S/C6H13NO6/c7-6(13,4(11)2-9)5(12)3(10)1-8/h3-4,8-11,13H,1-2,7H2/t3-,4+,6+/m0/s1. The molecule has 0 heterocycles. The molecule has 13 heavy (non-hydrogen) atoms. The summed E-state index contributed by atoms with van der Waals surface area (Å²) in [5, 5.41) is 43.5. The molecule has 0 bridgehead atoms. The van der Waals surface area contributed by atoms with Gasteiger partial charge in [0.1, 0.15) is 12.2 Å². The smallest absolute Gasteiger partial charge is 0.212 e. The molecule has 7 heteroatoms. The molecule has 0 radical (unpaired) electrons. The summed E-state index contributed by atoms with van der Waals surface area (Å²) < 4.78 is 0. The highest BCUT2D eigenvalue weighted by atomic mass is 16.4. The first-order valence-electron chi connectivity index (χ1n) is 3.51. The predicted octanol–water partition coefficient (Wildman–Crippen LogP) is -4.09. The summed E-state index contributed by atoms with van der Waals surface area (Å²) in [5.41, 5.74) is 2.16. The van der Waals surface area contributed by atoms with Crippen molar-refractivity contribution in [3.63, 3.8) is 0 Å². The van der Waals surface area contributed by atoms with Gasteiger partial charge in [-0.3, -0.25) is 10.5 Å². The Bertz CT molecular complexity index is 182. The number of hydrogen-bond donors (Lipinski definition) is 6. The van der Waals surface area contributed by atoms with Gasteiger partial charge >= 0.3 is 0 Å². The van der Waals surface area contributed by atoms with Crippen molar-refractivity contribution in [3.05, 3.63) is 0 Å². The van der Waals surface area contributed by atoms with E-state index in [9.17, 15) is 4.79 Å². The van der Waals surface area contributed by atoms with Gasteiger partial charge in [0.2, 0.25) is 11.5 Å². The topological polar surface area (TPSA) is 144 Å². The molecule has 0 aliphatic heterocycles. The van der Waals surface area contributed by atoms with E-state index in [1.165, 1.54) is 0 Å². The lowest BCUT2D eigenvalue weighted by atomic mass is 9.99. The third kappa shape index (κ3) is 2.69. The molecule has 7 N–H and O–H groups in total. The highest BCUT2D eigenvalue weighted by Crippen LogP contribution is 2.07. The van der Waals surface area contributed by atoms with Crippen LogP contribution in [0.25, 0.3) is 0 Å². The monoisotopic (exact) mass is 195 g/mol. The van der Waals surface area contributed by atoms with Gasteiger partial charge in [-0.15, -0.1) is 0 Å². The Morgan fingerprint density at radius 1 is 1.31 bits per heavy atom. The maximum atomic E-state index is 10.9. The van der Waals surface area contributed by atoms with Crippen LogP contribution in [0, 0.1) is 0 Å². The Kier molecular flexibility index (Phi) is 4.40. The molecule has 3 atom stereocenters. The van der Waals surface area contributed by atoms with E-state index in [4.69, 9.17) is 31.3 Å². The Morgan fingerprint density at radius 2 is 1.77 bits per heavy atom. The van der Waals surface area contributed by atoms with Crippen molar-refractivity contribution in [3.8, 4) is 0 Å². The maximum Gasteiger partial charge on any atom is 0.212 e. The van der Waals surface area contributed by atoms with E-state index in [2.05, 4.69) is 0 Å². The maximum absolute atomic E-state index is 10.9. The Hall–Kier alpha value is -0.570. The lowest BCUT2D eigenvalue weighted by Crippen LogP contribution is -2.62. The van der Waals surface area contributed by atoms with Crippen LogP contribution in [0.2, 0.25) is 0 Å². The average Bonchev–Trinajstić information content (AvgIpc) is 2.13. The molecular weight excluding hydrogens is 182 g/mol. The highest BCUT2D eigenvalue weighted by molar-refractivity contribution is 5.90. The molecule has 0 aromatic rings. The fourth-order valence-electron chi connectivity index (χ4n) is 0.653. The number of hydrogen-bond acceptors (Lipinski definition) is 7. The van der Waals surface area contributed by atoms with Crippen LogP contribution in [0.1, 0.15) is 0 Å². The summed E-state index contributed by atoms with van der Waals surface area (Å²) in [5.74, 6) is -1.35. The molecule has 0 saturated heterocycles. The van der Waals surface area contributed by atoms with Crippen LogP contribution in [0.5, 0.6) is 0 Å². The van der Waals surface area contributed by atoms with Crippen LogP contribution < -0.4 is 5.73 Å². The molecule has 0 saturated carbocycles. The number of Topliss-reactive ketones (excluding diaryl/α,β-unsaturated/α-hetero) is 1. The van der Waals surface area contributed by atoms with Crippen molar-refractivity contribution < 1.29 is 30.3 Å². The van der Waals surface area contributed by atoms with Gasteiger partial charge in [-0.2, -0.15) is 0 Å². The highest BCUT2D eigenvalue weighted by Gasteiger charge is 2.41. The van der Waals surface area contributed by atoms with Crippen LogP contribution >= 0.6 is 0 Å². The van der Waals surface area contributed by atoms with Gasteiger partial charge in [0.25, 0.3) is 0 Å². The number of aliphatic hydroxyl groups excluding tert-OH is 4. The van der Waals surface area contributed by atoms with Gasteiger partial charge in [-0.1, -0.05) is 0 Å². The largest absolute Gasteiger partial charge is 0.393 e. The van der Waals surface area contributed by atoms with Gasteiger partial charge < -0.3 is 25.5 Å². The van der Waals surface area contributed by atoms with Crippen molar-refractivity contribution in [2.45, 2.75) is 17.9 Å². The van der Waals surface area contributed by atoms with Crippen LogP contribution in [-0.4, -0.2) is 62.5 Å². The molecule has 0 unspecified atom stereocenters. The molecule has 0 aromatic heterocycles. The van der Waals surface area contributed by atoms with Crippen LogP contribution in [-0.2, 0) is 4.79 Å². The van der Waals surface area contributed by atoms with E-state index in [1.807, 2.05) is 0 Å². The summed E-state index contributed by atoms with van der Waals surface area (Å²) in [6.07, 6.45) is -3.78. The number of nitrogens with two attached hydrogens (primary N) is 1. The summed E-state index contributed by atoms with van der Waals surface area (Å²) >= 11 is 0. The first kappa shape index (κ1) is 12.4. The molecule has 0 aliphatic rings. The minimum absolute atomic E-state index is 0.920. The van der Waals surface area contributed by atoms with E-state index < -0.39 is 36.9 Å². The number of aliphatic hydroxyl groups is 5. The van der Waals surface area contributed by atoms with Gasteiger partial charge in [-0.25, -0.2) is 0 Å². The van der Waals surface area contributed by atoms with Crippen LogP contribution in [0.15, 0.2) is 0 Å². The molecular formula is C6H13NO6. The number of carbonyl (C=O) groups is 1. The van der Waals surface area contributed by atoms with Crippen LogP contribution in [0.3, 0.4) is 0 Å². The second-order valence-electron chi connectivity index (χ2n) is 2.59. The third-order valence-electron chi connectivity index (χ3n) is 1.55. The first-order chi connectivity index (χ1) is 5.87. The van der Waals surface area contributed by atoms with Crippen molar-refractivity contribution in [2.24, 2.45) is 5.73 Å². The summed E-state index contributed by atoms with van der Waals surface area (Å²) in [4.78, 5) is 10.9. The Balaban J connectivity index is 4.53. The number of carbonyl (C=O) groups excluding carboxylic acids is 1.